The molecule has 1 N–H and O–H groups in total. The summed E-state index contributed by atoms with van der Waals surface area (Å²) in [5.74, 6) is 0.995. The second kappa shape index (κ2) is 3.44. The van der Waals surface area contributed by atoms with Gasteiger partial charge in [-0.1, -0.05) is 18.7 Å². The Labute approximate surface area is 67.9 Å². The maximum absolute atomic E-state index is 3.93. The molecule has 0 saturated carbocycles. The first kappa shape index (κ1) is 8.14. The number of hydrazine groups is 1. The van der Waals surface area contributed by atoms with Crippen LogP contribution in [0.5, 0.6) is 0 Å². The standard InChI is InChI=1S/C8H15N3/c1-8-10(2)7-5-4-6-9-11(8)3/h4-5,9H,1,6-7H2,2-3H3. The number of hydrogen-bond acceptors (Lipinski definition) is 3. The Balaban J connectivity index is 2.62. The summed E-state index contributed by atoms with van der Waals surface area (Å²) < 4.78 is 0. The molecule has 0 atom stereocenters. The van der Waals surface area contributed by atoms with Crippen molar-refractivity contribution in [1.82, 2.24) is 15.3 Å². The summed E-state index contributed by atoms with van der Waals surface area (Å²) in [4.78, 5) is 2.09. The molecule has 1 aliphatic heterocycles. The molecule has 3 heteroatoms. The molecule has 0 bridgehead atoms. The third-order valence-corrected chi connectivity index (χ3v) is 1.82. The molecule has 0 unspecified atom stereocenters. The van der Waals surface area contributed by atoms with Gasteiger partial charge in [-0.25, -0.2) is 5.43 Å². The third-order valence-electron chi connectivity index (χ3n) is 1.82. The van der Waals surface area contributed by atoms with E-state index in [9.17, 15) is 0 Å². The van der Waals surface area contributed by atoms with Crippen molar-refractivity contribution < 1.29 is 0 Å². The summed E-state index contributed by atoms with van der Waals surface area (Å²) >= 11 is 0. The SMILES string of the molecule is C=C1N(C)CC=CCNN1C. The lowest BCUT2D eigenvalue weighted by atomic mass is 10.4. The maximum atomic E-state index is 3.93. The minimum absolute atomic E-state index is 0.878. The molecule has 0 fully saturated rings. The highest BCUT2D eigenvalue weighted by molar-refractivity contribution is 4.97. The smallest absolute Gasteiger partial charge is 0.111 e. The van der Waals surface area contributed by atoms with Crippen molar-refractivity contribution in [3.8, 4) is 0 Å². The van der Waals surface area contributed by atoms with Gasteiger partial charge in [0.2, 0.25) is 0 Å². The summed E-state index contributed by atoms with van der Waals surface area (Å²) in [5.41, 5.74) is 3.17. The fourth-order valence-electron chi connectivity index (χ4n) is 0.958. The summed E-state index contributed by atoms with van der Waals surface area (Å²) in [6.07, 6.45) is 4.24. The molecule has 0 saturated heterocycles. The van der Waals surface area contributed by atoms with Crippen molar-refractivity contribution in [2.75, 3.05) is 27.2 Å². The lowest BCUT2D eigenvalue weighted by Crippen LogP contribution is -2.40. The fourth-order valence-corrected chi connectivity index (χ4v) is 0.958. The first-order valence-corrected chi connectivity index (χ1v) is 3.74. The number of rotatable bonds is 0. The molecule has 1 rings (SSSR count). The van der Waals surface area contributed by atoms with Crippen molar-refractivity contribution in [2.45, 2.75) is 0 Å². The van der Waals surface area contributed by atoms with Crippen molar-refractivity contribution in [3.63, 3.8) is 0 Å². The van der Waals surface area contributed by atoms with Crippen LogP contribution in [0.1, 0.15) is 0 Å². The van der Waals surface area contributed by atoms with Crippen LogP contribution < -0.4 is 5.43 Å². The first-order valence-electron chi connectivity index (χ1n) is 3.74. The summed E-state index contributed by atoms with van der Waals surface area (Å²) in [5, 5.41) is 1.93. The zero-order valence-corrected chi connectivity index (χ0v) is 7.17. The molecule has 0 aromatic carbocycles. The van der Waals surface area contributed by atoms with Crippen LogP contribution in [-0.2, 0) is 0 Å². The van der Waals surface area contributed by atoms with Gasteiger partial charge in [-0.3, -0.25) is 5.01 Å². The van der Waals surface area contributed by atoms with Gasteiger partial charge in [0.1, 0.15) is 5.82 Å². The second-order valence-electron chi connectivity index (χ2n) is 2.69. The van der Waals surface area contributed by atoms with Gasteiger partial charge in [0.15, 0.2) is 0 Å². The Kier molecular flexibility index (Phi) is 2.54. The Morgan fingerprint density at radius 2 is 2.18 bits per heavy atom. The largest absolute Gasteiger partial charge is 0.357 e. The van der Waals surface area contributed by atoms with E-state index in [0.29, 0.717) is 0 Å². The van der Waals surface area contributed by atoms with Crippen LogP contribution in [0.3, 0.4) is 0 Å². The maximum Gasteiger partial charge on any atom is 0.111 e. The van der Waals surface area contributed by atoms with Crippen molar-refractivity contribution in [1.29, 1.82) is 0 Å². The van der Waals surface area contributed by atoms with Crippen LogP contribution in [0.25, 0.3) is 0 Å². The Morgan fingerprint density at radius 1 is 1.45 bits per heavy atom. The van der Waals surface area contributed by atoms with Crippen LogP contribution >= 0.6 is 0 Å². The van der Waals surface area contributed by atoms with E-state index in [0.717, 1.165) is 18.9 Å². The molecule has 0 aromatic heterocycles. The molecule has 0 aliphatic carbocycles. The minimum atomic E-state index is 0.878. The number of likely N-dealkylation sites (N-methyl/N-ethyl adjacent to an activating group) is 1. The molecule has 0 spiro atoms. The minimum Gasteiger partial charge on any atom is -0.357 e. The molecule has 11 heavy (non-hydrogen) atoms. The van der Waals surface area contributed by atoms with Gasteiger partial charge in [0.05, 0.1) is 0 Å². The number of nitrogens with zero attached hydrogens (tertiary/aromatic N) is 2. The van der Waals surface area contributed by atoms with Crippen LogP contribution in [-0.4, -0.2) is 37.1 Å². The van der Waals surface area contributed by atoms with Crippen LogP contribution in [0.4, 0.5) is 0 Å². The fraction of sp³-hybridized carbons (Fsp3) is 0.500. The Morgan fingerprint density at radius 3 is 2.91 bits per heavy atom. The summed E-state index contributed by atoms with van der Waals surface area (Å²) in [6.45, 7) is 5.75. The molecule has 0 amide bonds. The van der Waals surface area contributed by atoms with Crippen molar-refractivity contribution in [3.05, 3.63) is 24.6 Å². The van der Waals surface area contributed by atoms with Gasteiger partial charge in [-0.15, -0.1) is 0 Å². The summed E-state index contributed by atoms with van der Waals surface area (Å²) in [7, 11) is 3.99. The lowest BCUT2D eigenvalue weighted by molar-refractivity contribution is 0.222. The average Bonchev–Trinajstić information content (AvgIpc) is 2.00. The molecule has 0 aromatic rings. The van der Waals surface area contributed by atoms with E-state index in [4.69, 9.17) is 0 Å². The van der Waals surface area contributed by atoms with Crippen LogP contribution in [0.15, 0.2) is 24.6 Å². The lowest BCUT2D eigenvalue weighted by Gasteiger charge is -2.30. The van der Waals surface area contributed by atoms with Gasteiger partial charge in [0, 0.05) is 27.2 Å². The summed E-state index contributed by atoms with van der Waals surface area (Å²) in [6, 6.07) is 0. The highest BCUT2D eigenvalue weighted by Gasteiger charge is 2.06. The topological polar surface area (TPSA) is 18.5 Å². The normalized spacial score (nSPS) is 20.0. The Bertz CT molecular complexity index is 174. The quantitative estimate of drug-likeness (QED) is 0.508. The van der Waals surface area contributed by atoms with E-state index in [2.05, 4.69) is 29.1 Å². The molecular formula is C8H15N3. The molecule has 1 heterocycles. The van der Waals surface area contributed by atoms with Gasteiger partial charge in [-0.2, -0.15) is 0 Å². The highest BCUT2D eigenvalue weighted by Crippen LogP contribution is 2.02. The van der Waals surface area contributed by atoms with E-state index in [-0.39, 0.29) is 0 Å². The van der Waals surface area contributed by atoms with Crippen molar-refractivity contribution in [2.24, 2.45) is 0 Å². The number of nitrogens with one attached hydrogen (secondary N) is 1. The monoisotopic (exact) mass is 153 g/mol. The predicted octanol–water partition coefficient (Wildman–Crippen LogP) is 0.396. The zero-order valence-electron chi connectivity index (χ0n) is 7.17. The third kappa shape index (κ3) is 1.98. The molecule has 1 aliphatic rings. The first-order chi connectivity index (χ1) is 5.22. The molecule has 0 radical (unpaired) electrons. The second-order valence-corrected chi connectivity index (χ2v) is 2.69. The van der Waals surface area contributed by atoms with Gasteiger partial charge < -0.3 is 4.90 Å². The van der Waals surface area contributed by atoms with E-state index < -0.39 is 0 Å². The van der Waals surface area contributed by atoms with Gasteiger partial charge in [0.25, 0.3) is 0 Å². The molecule has 62 valence electrons. The molecular weight excluding hydrogens is 138 g/mol. The van der Waals surface area contributed by atoms with E-state index >= 15 is 0 Å². The van der Waals surface area contributed by atoms with Crippen LogP contribution in [0, 0.1) is 0 Å². The number of hydrogen-bond donors (Lipinski definition) is 1. The van der Waals surface area contributed by atoms with Crippen LogP contribution in [0.2, 0.25) is 0 Å². The van der Waals surface area contributed by atoms with E-state index in [1.807, 2.05) is 19.1 Å². The van der Waals surface area contributed by atoms with Crippen molar-refractivity contribution >= 4 is 0 Å². The van der Waals surface area contributed by atoms with Gasteiger partial charge in [-0.05, 0) is 0 Å². The predicted molar refractivity (Wildman–Crippen MR) is 46.7 cm³/mol. The zero-order chi connectivity index (χ0) is 8.27. The molecule has 3 nitrogen and oxygen atoms in total. The highest BCUT2D eigenvalue weighted by atomic mass is 15.5. The average molecular weight is 153 g/mol. The van der Waals surface area contributed by atoms with E-state index in [1.165, 1.54) is 0 Å². The Hall–Kier alpha value is -0.960. The van der Waals surface area contributed by atoms with E-state index in [1.54, 1.807) is 0 Å². The van der Waals surface area contributed by atoms with Gasteiger partial charge >= 0.3 is 0 Å².